The first kappa shape index (κ1) is 11.1. The van der Waals surface area contributed by atoms with Gasteiger partial charge in [0.05, 0.1) is 13.7 Å². The predicted molar refractivity (Wildman–Crippen MR) is 53.5 cm³/mol. The molecule has 2 rings (SSSR count). The number of hydrogen-bond acceptors (Lipinski definition) is 5. The number of ether oxygens (including phenoxy) is 3. The van der Waals surface area contributed by atoms with Crippen LogP contribution in [0.4, 0.5) is 0 Å². The quantitative estimate of drug-likeness (QED) is 0.368. The molecular weight excluding hydrogens is 212 g/mol. The first-order valence-electron chi connectivity index (χ1n) is 5.03. The number of epoxide rings is 1. The Morgan fingerprint density at radius 2 is 2.19 bits per heavy atom. The Hall–Kier alpha value is -1.36. The zero-order chi connectivity index (χ0) is 12.1. The summed E-state index contributed by atoms with van der Waals surface area (Å²) in [5, 5.41) is 0. The minimum atomic E-state index is -1.38. The molecule has 1 spiro atoms. The van der Waals surface area contributed by atoms with E-state index < -0.39 is 23.1 Å². The van der Waals surface area contributed by atoms with Crippen molar-refractivity contribution in [3.05, 3.63) is 12.2 Å². The smallest absolute Gasteiger partial charge is 0.353 e. The Morgan fingerprint density at radius 3 is 2.62 bits per heavy atom. The summed E-state index contributed by atoms with van der Waals surface area (Å²) in [6.45, 7) is 7.35. The Labute approximate surface area is 93.4 Å². The van der Waals surface area contributed by atoms with Crippen LogP contribution in [-0.4, -0.2) is 36.9 Å². The molecule has 0 unspecified atom stereocenters. The number of carbonyl (C=O) groups is 2. The summed E-state index contributed by atoms with van der Waals surface area (Å²) in [6, 6.07) is 0. The second-order valence-electron chi connectivity index (χ2n) is 4.34. The van der Waals surface area contributed by atoms with Crippen molar-refractivity contribution >= 4 is 11.9 Å². The number of esters is 2. The van der Waals surface area contributed by atoms with Crippen LogP contribution in [-0.2, 0) is 23.8 Å². The van der Waals surface area contributed by atoms with Gasteiger partial charge in [-0.1, -0.05) is 13.5 Å². The second kappa shape index (κ2) is 3.07. The fourth-order valence-corrected chi connectivity index (χ4v) is 2.22. The monoisotopic (exact) mass is 226 g/mol. The van der Waals surface area contributed by atoms with Crippen LogP contribution in [0.25, 0.3) is 0 Å². The lowest BCUT2D eigenvalue weighted by Gasteiger charge is -2.40. The summed E-state index contributed by atoms with van der Waals surface area (Å²) in [6.07, 6.45) is 0. The van der Waals surface area contributed by atoms with Crippen molar-refractivity contribution in [3.63, 3.8) is 0 Å². The Bertz CT molecular complexity index is 382. The molecule has 2 heterocycles. The topological polar surface area (TPSA) is 65.1 Å². The van der Waals surface area contributed by atoms with E-state index in [0.29, 0.717) is 12.2 Å². The van der Waals surface area contributed by atoms with Gasteiger partial charge in [-0.3, -0.25) is 0 Å². The molecule has 0 saturated carbocycles. The van der Waals surface area contributed by atoms with Crippen molar-refractivity contribution in [1.82, 2.24) is 0 Å². The molecule has 0 aromatic heterocycles. The molecule has 2 aliphatic rings. The van der Waals surface area contributed by atoms with Gasteiger partial charge in [0.2, 0.25) is 5.60 Å². The van der Waals surface area contributed by atoms with Crippen LogP contribution in [0.5, 0.6) is 0 Å². The summed E-state index contributed by atoms with van der Waals surface area (Å²) in [5.74, 6) is -1.42. The average molecular weight is 226 g/mol. The summed E-state index contributed by atoms with van der Waals surface area (Å²) < 4.78 is 15.2. The average Bonchev–Trinajstić information content (AvgIpc) is 3.05. The predicted octanol–water partition coefficient (Wildman–Crippen LogP) is 0.436. The van der Waals surface area contributed by atoms with Crippen molar-refractivity contribution in [1.29, 1.82) is 0 Å². The minimum Gasteiger partial charge on any atom is -0.466 e. The van der Waals surface area contributed by atoms with E-state index in [2.05, 4.69) is 11.3 Å². The van der Waals surface area contributed by atoms with E-state index in [1.165, 1.54) is 14.0 Å². The van der Waals surface area contributed by atoms with E-state index in [4.69, 9.17) is 9.47 Å². The van der Waals surface area contributed by atoms with E-state index in [1.54, 1.807) is 6.92 Å². The van der Waals surface area contributed by atoms with Crippen LogP contribution in [0.3, 0.4) is 0 Å². The van der Waals surface area contributed by atoms with Crippen LogP contribution in [0.1, 0.15) is 13.8 Å². The van der Waals surface area contributed by atoms with Gasteiger partial charge in [-0.15, -0.1) is 0 Å². The fraction of sp³-hybridized carbons (Fsp3) is 0.636. The first-order valence-corrected chi connectivity index (χ1v) is 5.03. The van der Waals surface area contributed by atoms with E-state index in [0.717, 1.165) is 0 Å². The molecule has 88 valence electrons. The molecule has 0 N–H and O–H groups in total. The molecule has 2 aliphatic heterocycles. The largest absolute Gasteiger partial charge is 0.466 e. The molecule has 0 aliphatic carbocycles. The van der Waals surface area contributed by atoms with Crippen molar-refractivity contribution < 1.29 is 23.8 Å². The van der Waals surface area contributed by atoms with Crippen molar-refractivity contribution in [2.75, 3.05) is 13.7 Å². The highest BCUT2D eigenvalue weighted by atomic mass is 16.7. The molecule has 0 amide bonds. The molecule has 3 atom stereocenters. The maximum absolute atomic E-state index is 11.7. The highest BCUT2D eigenvalue weighted by Crippen LogP contribution is 2.52. The molecule has 0 aromatic rings. The van der Waals surface area contributed by atoms with Gasteiger partial charge >= 0.3 is 11.9 Å². The molecule has 0 aromatic carbocycles. The number of carbonyl (C=O) groups excluding carboxylic acids is 2. The molecule has 0 radical (unpaired) electrons. The molecular formula is C11H14O5. The Kier molecular flexibility index (Phi) is 2.14. The number of cyclic esters (lactones) is 1. The van der Waals surface area contributed by atoms with Gasteiger partial charge in [-0.2, -0.15) is 0 Å². The summed E-state index contributed by atoms with van der Waals surface area (Å²) >= 11 is 0. The Morgan fingerprint density at radius 1 is 1.62 bits per heavy atom. The van der Waals surface area contributed by atoms with Gasteiger partial charge in [0, 0.05) is 11.5 Å². The normalized spacial score (nSPS) is 41.8. The van der Waals surface area contributed by atoms with Crippen molar-refractivity contribution in [3.8, 4) is 0 Å². The highest BCUT2D eigenvalue weighted by Gasteiger charge is 2.72. The standard InChI is InChI=1S/C11H14O5/c1-6-7(2)11(5-15-11)10(3,9(13)14-4)16-8(6)12/h7H,1,5H2,2-4H3/t7-,10-,11-/m0/s1. The van der Waals surface area contributed by atoms with E-state index >= 15 is 0 Å². The summed E-state index contributed by atoms with van der Waals surface area (Å²) in [7, 11) is 1.26. The third kappa shape index (κ3) is 1.09. The van der Waals surface area contributed by atoms with Gasteiger partial charge < -0.3 is 14.2 Å². The van der Waals surface area contributed by atoms with Crippen LogP contribution in [0.2, 0.25) is 0 Å². The number of rotatable bonds is 1. The van der Waals surface area contributed by atoms with E-state index in [-0.39, 0.29) is 5.92 Å². The maximum atomic E-state index is 11.7. The summed E-state index contributed by atoms with van der Waals surface area (Å²) in [4.78, 5) is 23.3. The van der Waals surface area contributed by atoms with Gasteiger partial charge in [0.1, 0.15) is 5.60 Å². The lowest BCUT2D eigenvalue weighted by Crippen LogP contribution is -2.60. The van der Waals surface area contributed by atoms with Crippen LogP contribution < -0.4 is 0 Å². The third-order valence-electron chi connectivity index (χ3n) is 3.62. The number of hydrogen-bond donors (Lipinski definition) is 0. The highest BCUT2D eigenvalue weighted by molar-refractivity contribution is 5.95. The van der Waals surface area contributed by atoms with Crippen LogP contribution >= 0.6 is 0 Å². The second-order valence-corrected chi connectivity index (χ2v) is 4.34. The van der Waals surface area contributed by atoms with Crippen LogP contribution in [0, 0.1) is 5.92 Å². The molecule has 0 bridgehead atoms. The van der Waals surface area contributed by atoms with Gasteiger partial charge in [-0.05, 0) is 6.92 Å². The number of methoxy groups -OCH3 is 1. The lowest BCUT2D eigenvalue weighted by atomic mass is 9.74. The van der Waals surface area contributed by atoms with Gasteiger partial charge in [-0.25, -0.2) is 9.59 Å². The third-order valence-corrected chi connectivity index (χ3v) is 3.62. The zero-order valence-electron chi connectivity index (χ0n) is 9.53. The molecule has 2 fully saturated rings. The maximum Gasteiger partial charge on any atom is 0.353 e. The fourth-order valence-electron chi connectivity index (χ4n) is 2.22. The van der Waals surface area contributed by atoms with Crippen molar-refractivity contribution in [2.45, 2.75) is 25.0 Å². The molecule has 5 heteroatoms. The minimum absolute atomic E-state index is 0.252. The zero-order valence-corrected chi connectivity index (χ0v) is 9.53. The van der Waals surface area contributed by atoms with Gasteiger partial charge in [0.15, 0.2) is 0 Å². The van der Waals surface area contributed by atoms with Gasteiger partial charge in [0.25, 0.3) is 0 Å². The van der Waals surface area contributed by atoms with E-state index in [9.17, 15) is 9.59 Å². The Balaban J connectivity index is 2.43. The molecule has 5 nitrogen and oxygen atoms in total. The molecule has 16 heavy (non-hydrogen) atoms. The molecule has 2 saturated heterocycles. The lowest BCUT2D eigenvalue weighted by molar-refractivity contribution is -0.193. The SMILES string of the molecule is C=C1C(=O)O[C@@](C)(C(=O)OC)[C@]2(CO2)[C@H]1C. The van der Waals surface area contributed by atoms with Crippen molar-refractivity contribution in [2.24, 2.45) is 5.92 Å². The summed E-state index contributed by atoms with van der Waals surface area (Å²) in [5.41, 5.74) is -1.84. The van der Waals surface area contributed by atoms with E-state index in [1.807, 2.05) is 0 Å². The first-order chi connectivity index (χ1) is 7.39. The van der Waals surface area contributed by atoms with Crippen LogP contribution in [0.15, 0.2) is 12.2 Å².